The first-order valence-electron chi connectivity index (χ1n) is 8.66. The van der Waals surface area contributed by atoms with E-state index in [0.29, 0.717) is 24.0 Å². The first-order chi connectivity index (χ1) is 12.8. The van der Waals surface area contributed by atoms with Crippen molar-refractivity contribution < 1.29 is 29.3 Å². The molecule has 0 saturated carbocycles. The highest BCUT2D eigenvalue weighted by atomic mass is 79.9. The lowest BCUT2D eigenvalue weighted by molar-refractivity contribution is -0.159. The maximum atomic E-state index is 9.10. The fourth-order valence-electron chi connectivity index (χ4n) is 2.51. The van der Waals surface area contributed by atoms with E-state index in [9.17, 15) is 0 Å². The van der Waals surface area contributed by atoms with Crippen LogP contribution in [0.5, 0.6) is 5.75 Å². The fraction of sp³-hybridized carbons (Fsp3) is 0.556. The summed E-state index contributed by atoms with van der Waals surface area (Å²) in [7, 11) is 0. The van der Waals surface area contributed by atoms with E-state index in [-0.39, 0.29) is 0 Å². The van der Waals surface area contributed by atoms with E-state index in [1.807, 2.05) is 19.1 Å². The average molecular weight is 467 g/mol. The summed E-state index contributed by atoms with van der Waals surface area (Å²) in [5.41, 5.74) is 1.11. The Balaban J connectivity index is 0.000000527. The first kappa shape index (κ1) is 23.7. The fourth-order valence-corrected chi connectivity index (χ4v) is 3.64. The number of benzene rings is 1. The predicted molar refractivity (Wildman–Crippen MR) is 106 cm³/mol. The van der Waals surface area contributed by atoms with Gasteiger partial charge in [-0.05, 0) is 66.5 Å². The van der Waals surface area contributed by atoms with Gasteiger partial charge in [0.1, 0.15) is 6.61 Å². The summed E-state index contributed by atoms with van der Waals surface area (Å²) < 4.78 is 12.2. The zero-order valence-corrected chi connectivity index (χ0v) is 17.6. The molecule has 0 aromatic heterocycles. The lowest BCUT2D eigenvalue weighted by atomic mass is 10.1. The number of halogens is 2. The van der Waals surface area contributed by atoms with Gasteiger partial charge in [-0.3, -0.25) is 0 Å². The highest BCUT2D eigenvalue weighted by Gasteiger charge is 2.10. The summed E-state index contributed by atoms with van der Waals surface area (Å²) in [6.45, 7) is 7.33. The molecule has 1 heterocycles. The van der Waals surface area contributed by atoms with Crippen LogP contribution in [0.25, 0.3) is 0 Å². The average Bonchev–Trinajstić information content (AvgIpc) is 2.61. The van der Waals surface area contributed by atoms with Gasteiger partial charge in [0.25, 0.3) is 0 Å². The van der Waals surface area contributed by atoms with Crippen molar-refractivity contribution in [1.29, 1.82) is 0 Å². The standard InChI is InChI=1S/C16H23BrClNO2.C2H2O4/c1-13-11-14(17)16(15(18)12-13)21-10-9-20-8-7-19-5-3-2-4-6-19;3-1(4)2(5)6/h11-12H,2-10H2,1H3;(H,3,4)(H,5,6). The van der Waals surface area contributed by atoms with Crippen molar-refractivity contribution in [2.24, 2.45) is 0 Å². The van der Waals surface area contributed by atoms with Gasteiger partial charge in [0.05, 0.1) is 22.7 Å². The highest BCUT2D eigenvalue weighted by molar-refractivity contribution is 9.10. The Kier molecular flexibility index (Phi) is 11.3. The van der Waals surface area contributed by atoms with E-state index >= 15 is 0 Å². The third-order valence-corrected chi connectivity index (χ3v) is 4.67. The van der Waals surface area contributed by atoms with Gasteiger partial charge < -0.3 is 24.6 Å². The van der Waals surface area contributed by atoms with Crippen molar-refractivity contribution >= 4 is 39.5 Å². The molecule has 1 aromatic rings. The van der Waals surface area contributed by atoms with Crippen LogP contribution in [0.3, 0.4) is 0 Å². The summed E-state index contributed by atoms with van der Waals surface area (Å²) in [5, 5.41) is 15.4. The number of carbonyl (C=O) groups is 2. The summed E-state index contributed by atoms with van der Waals surface area (Å²) in [4.78, 5) is 20.7. The molecule has 0 radical (unpaired) electrons. The van der Waals surface area contributed by atoms with Crippen molar-refractivity contribution in [3.05, 3.63) is 27.2 Å². The number of carboxylic acids is 2. The van der Waals surface area contributed by atoms with Crippen LogP contribution in [-0.4, -0.2) is 66.5 Å². The monoisotopic (exact) mass is 465 g/mol. The largest absolute Gasteiger partial charge is 0.488 e. The number of carboxylic acid groups (broad SMARTS) is 2. The minimum Gasteiger partial charge on any atom is -0.488 e. The number of rotatable bonds is 7. The molecule has 0 spiro atoms. The second kappa shape index (κ2) is 12.9. The molecule has 1 aromatic carbocycles. The molecule has 152 valence electrons. The molecule has 2 N–H and O–H groups in total. The number of hydrogen-bond acceptors (Lipinski definition) is 5. The third kappa shape index (κ3) is 9.95. The molecular weight excluding hydrogens is 442 g/mol. The zero-order chi connectivity index (χ0) is 20.2. The van der Waals surface area contributed by atoms with Gasteiger partial charge in [-0.2, -0.15) is 0 Å². The number of piperidine rings is 1. The number of hydrogen-bond donors (Lipinski definition) is 2. The van der Waals surface area contributed by atoms with Gasteiger partial charge in [-0.1, -0.05) is 18.0 Å². The quantitative estimate of drug-likeness (QED) is 0.469. The van der Waals surface area contributed by atoms with E-state index < -0.39 is 11.9 Å². The van der Waals surface area contributed by atoms with E-state index in [4.69, 9.17) is 40.9 Å². The molecule has 0 bridgehead atoms. The van der Waals surface area contributed by atoms with Gasteiger partial charge in [0, 0.05) is 6.54 Å². The SMILES string of the molecule is Cc1cc(Cl)c(OCCOCCN2CCCCC2)c(Br)c1.O=C(O)C(=O)O. The molecule has 0 aliphatic carbocycles. The number of aliphatic carboxylic acids is 2. The zero-order valence-electron chi connectivity index (χ0n) is 15.2. The van der Waals surface area contributed by atoms with Crippen LogP contribution >= 0.6 is 27.5 Å². The van der Waals surface area contributed by atoms with E-state index in [1.165, 1.54) is 32.4 Å². The topological polar surface area (TPSA) is 96.3 Å². The Morgan fingerprint density at radius 1 is 1.11 bits per heavy atom. The van der Waals surface area contributed by atoms with Crippen molar-refractivity contribution in [2.75, 3.05) is 39.5 Å². The van der Waals surface area contributed by atoms with Crippen molar-refractivity contribution in [1.82, 2.24) is 4.90 Å². The van der Waals surface area contributed by atoms with Crippen LogP contribution in [0, 0.1) is 6.92 Å². The Hall–Kier alpha value is -1.35. The Labute approximate surface area is 172 Å². The third-order valence-electron chi connectivity index (χ3n) is 3.80. The minimum atomic E-state index is -1.82. The van der Waals surface area contributed by atoms with E-state index in [1.54, 1.807) is 0 Å². The number of aryl methyl sites for hydroxylation is 1. The molecule has 0 amide bonds. The van der Waals surface area contributed by atoms with Crippen LogP contribution < -0.4 is 4.74 Å². The van der Waals surface area contributed by atoms with Crippen LogP contribution in [0.4, 0.5) is 0 Å². The van der Waals surface area contributed by atoms with Gasteiger partial charge in [-0.25, -0.2) is 9.59 Å². The van der Waals surface area contributed by atoms with Gasteiger partial charge in [0.15, 0.2) is 5.75 Å². The lowest BCUT2D eigenvalue weighted by Crippen LogP contribution is -2.32. The van der Waals surface area contributed by atoms with Crippen molar-refractivity contribution in [3.8, 4) is 5.75 Å². The molecular formula is C18H25BrClNO6. The summed E-state index contributed by atoms with van der Waals surface area (Å²) in [6, 6.07) is 3.90. The number of nitrogens with zero attached hydrogens (tertiary/aromatic N) is 1. The van der Waals surface area contributed by atoms with Gasteiger partial charge in [-0.15, -0.1) is 0 Å². The molecule has 0 atom stereocenters. The molecule has 1 fully saturated rings. The van der Waals surface area contributed by atoms with Crippen molar-refractivity contribution in [2.45, 2.75) is 26.2 Å². The maximum Gasteiger partial charge on any atom is 0.414 e. The van der Waals surface area contributed by atoms with Gasteiger partial charge in [0.2, 0.25) is 0 Å². The maximum absolute atomic E-state index is 9.10. The normalized spacial score (nSPS) is 14.2. The summed E-state index contributed by atoms with van der Waals surface area (Å²) in [5.74, 6) is -2.95. The van der Waals surface area contributed by atoms with Crippen LogP contribution in [0.15, 0.2) is 16.6 Å². The Bertz CT molecular complexity index is 587. The molecule has 0 unspecified atom stereocenters. The number of likely N-dealkylation sites (tertiary alicyclic amines) is 1. The van der Waals surface area contributed by atoms with E-state index in [2.05, 4.69) is 20.8 Å². The van der Waals surface area contributed by atoms with Crippen LogP contribution in [0.2, 0.25) is 5.02 Å². The summed E-state index contributed by atoms with van der Waals surface area (Å²) >= 11 is 9.65. The van der Waals surface area contributed by atoms with E-state index in [0.717, 1.165) is 23.2 Å². The van der Waals surface area contributed by atoms with Crippen LogP contribution in [-0.2, 0) is 14.3 Å². The summed E-state index contributed by atoms with van der Waals surface area (Å²) in [6.07, 6.45) is 4.02. The molecule has 27 heavy (non-hydrogen) atoms. The second-order valence-corrected chi connectivity index (χ2v) is 7.29. The van der Waals surface area contributed by atoms with Gasteiger partial charge >= 0.3 is 11.9 Å². The molecule has 1 aliphatic heterocycles. The molecule has 2 rings (SSSR count). The first-order valence-corrected chi connectivity index (χ1v) is 9.83. The Morgan fingerprint density at radius 3 is 2.30 bits per heavy atom. The number of ether oxygens (including phenoxy) is 2. The van der Waals surface area contributed by atoms with Crippen molar-refractivity contribution in [3.63, 3.8) is 0 Å². The minimum absolute atomic E-state index is 0.515. The lowest BCUT2D eigenvalue weighted by Gasteiger charge is -2.26. The molecule has 1 aliphatic rings. The molecule has 1 saturated heterocycles. The van der Waals surface area contributed by atoms with Crippen LogP contribution in [0.1, 0.15) is 24.8 Å². The predicted octanol–water partition coefficient (Wildman–Crippen LogP) is 3.45. The molecule has 7 nitrogen and oxygen atoms in total. The second-order valence-electron chi connectivity index (χ2n) is 6.03. The highest BCUT2D eigenvalue weighted by Crippen LogP contribution is 2.34. The molecule has 9 heteroatoms. The Morgan fingerprint density at radius 2 is 1.74 bits per heavy atom. The smallest absolute Gasteiger partial charge is 0.414 e.